The lowest BCUT2D eigenvalue weighted by molar-refractivity contribution is -0.914. The molecule has 0 bridgehead atoms. The molecular formula is C21H40N3O5+. The van der Waals surface area contributed by atoms with E-state index in [9.17, 15) is 20.1 Å². The first kappa shape index (κ1) is 24.2. The van der Waals surface area contributed by atoms with Crippen molar-refractivity contribution in [2.24, 2.45) is 4.99 Å². The molecule has 0 amide bonds. The highest BCUT2D eigenvalue weighted by Gasteiger charge is 2.40. The highest BCUT2D eigenvalue weighted by Crippen LogP contribution is 2.19. The average Bonchev–Trinajstić information content (AvgIpc) is 3.19. The third-order valence-corrected chi connectivity index (χ3v) is 6.38. The molecule has 0 aromatic carbocycles. The van der Waals surface area contributed by atoms with Crippen LogP contribution < -0.4 is 10.2 Å². The summed E-state index contributed by atoms with van der Waals surface area (Å²) in [6, 6.07) is 0.691. The van der Waals surface area contributed by atoms with Crippen molar-refractivity contribution in [3.63, 3.8) is 0 Å². The number of carboxylic acids is 1. The largest absolute Gasteiger partial charge is 0.481 e. The lowest BCUT2D eigenvalue weighted by Crippen LogP contribution is -3.16. The van der Waals surface area contributed by atoms with Gasteiger partial charge in [0.15, 0.2) is 6.67 Å². The Morgan fingerprint density at radius 3 is 2.48 bits per heavy atom. The van der Waals surface area contributed by atoms with Crippen LogP contribution >= 0.6 is 0 Å². The number of hydrogen-bond donors (Lipinski definition) is 6. The standard InChI is InChI=1S/C21H39N3O5/c1-15-20(27)13-19(24-11-10-22-14-24)18(23-15)9-8-16(25)6-4-2-3-5-7-17(26)12-21(28)29/h10,15-20,23,25-27H,2-9,11-14H2,1H3,(H,28,29)/p+1. The van der Waals surface area contributed by atoms with Gasteiger partial charge in [0.2, 0.25) is 0 Å². The zero-order valence-corrected chi connectivity index (χ0v) is 17.7. The van der Waals surface area contributed by atoms with E-state index in [-0.39, 0.29) is 30.7 Å². The Morgan fingerprint density at radius 1 is 1.17 bits per heavy atom. The summed E-state index contributed by atoms with van der Waals surface area (Å²) in [5.74, 6) is -0.960. The maximum Gasteiger partial charge on any atom is 0.305 e. The maximum atomic E-state index is 10.5. The number of unbranched alkanes of at least 4 members (excludes halogenated alkanes) is 3. The van der Waals surface area contributed by atoms with Gasteiger partial charge in [0, 0.05) is 12.5 Å². The minimum absolute atomic E-state index is 0.0767. The molecule has 1 fully saturated rings. The molecule has 0 radical (unpaired) electrons. The smallest absolute Gasteiger partial charge is 0.305 e. The molecule has 2 aliphatic heterocycles. The summed E-state index contributed by atoms with van der Waals surface area (Å²) in [6.45, 7) is 3.70. The highest BCUT2D eigenvalue weighted by molar-refractivity contribution is 5.67. The van der Waals surface area contributed by atoms with Gasteiger partial charge in [-0.15, -0.1) is 0 Å². The molecule has 29 heavy (non-hydrogen) atoms. The minimum atomic E-state index is -0.960. The predicted octanol–water partition coefficient (Wildman–Crippen LogP) is -0.290. The summed E-state index contributed by atoms with van der Waals surface area (Å²) >= 11 is 0. The van der Waals surface area contributed by atoms with Gasteiger partial charge in [-0.25, -0.2) is 4.99 Å². The molecule has 0 aliphatic carbocycles. The molecule has 7 unspecified atom stereocenters. The number of rotatable bonds is 13. The molecule has 2 rings (SSSR count). The van der Waals surface area contributed by atoms with Gasteiger partial charge in [0.1, 0.15) is 12.6 Å². The van der Waals surface area contributed by atoms with Gasteiger partial charge < -0.3 is 30.6 Å². The molecule has 8 heteroatoms. The van der Waals surface area contributed by atoms with Gasteiger partial charge in [-0.2, -0.15) is 0 Å². The Balaban J connectivity index is 1.60. The third-order valence-electron chi connectivity index (χ3n) is 6.38. The van der Waals surface area contributed by atoms with Crippen molar-refractivity contribution in [3.8, 4) is 0 Å². The topological polar surface area (TPSA) is 127 Å². The second-order valence-electron chi connectivity index (χ2n) is 8.83. The molecule has 7 atom stereocenters. The Bertz CT molecular complexity index is 511. The van der Waals surface area contributed by atoms with Crippen LogP contribution in [0, 0.1) is 0 Å². The summed E-state index contributed by atoms with van der Waals surface area (Å²) in [5.41, 5.74) is 0. The number of nitrogens with one attached hydrogen (secondary N) is 2. The van der Waals surface area contributed by atoms with Gasteiger partial charge in [0.05, 0.1) is 37.0 Å². The first-order valence-corrected chi connectivity index (χ1v) is 11.2. The maximum absolute atomic E-state index is 10.5. The van der Waals surface area contributed by atoms with Crippen LogP contribution in [0.25, 0.3) is 0 Å². The summed E-state index contributed by atoms with van der Waals surface area (Å²) in [5, 5.41) is 42.4. The van der Waals surface area contributed by atoms with Crippen molar-refractivity contribution in [2.75, 3.05) is 13.2 Å². The van der Waals surface area contributed by atoms with Crippen LogP contribution in [0.2, 0.25) is 0 Å². The molecule has 0 spiro atoms. The number of aliphatic hydroxyl groups excluding tert-OH is 3. The second-order valence-corrected chi connectivity index (χ2v) is 8.83. The molecular weight excluding hydrogens is 374 g/mol. The van der Waals surface area contributed by atoms with Crippen molar-refractivity contribution in [1.82, 2.24) is 5.32 Å². The van der Waals surface area contributed by atoms with Gasteiger partial charge in [-0.1, -0.05) is 25.7 Å². The van der Waals surface area contributed by atoms with E-state index in [0.29, 0.717) is 12.5 Å². The summed E-state index contributed by atoms with van der Waals surface area (Å²) in [7, 11) is 0. The zero-order valence-electron chi connectivity index (χ0n) is 17.7. The van der Waals surface area contributed by atoms with Crippen molar-refractivity contribution < 1.29 is 30.1 Å². The number of carbonyl (C=O) groups is 1. The Kier molecular flexibility index (Phi) is 10.5. The van der Waals surface area contributed by atoms with Crippen molar-refractivity contribution >= 4 is 12.2 Å². The number of quaternary nitrogens is 1. The Morgan fingerprint density at radius 2 is 1.86 bits per heavy atom. The molecule has 8 nitrogen and oxygen atoms in total. The highest BCUT2D eigenvalue weighted by atomic mass is 16.4. The molecule has 0 aromatic rings. The van der Waals surface area contributed by atoms with E-state index in [1.165, 1.54) is 4.90 Å². The number of carboxylic acid groups (broad SMARTS) is 1. The van der Waals surface area contributed by atoms with Gasteiger partial charge >= 0.3 is 5.97 Å². The molecule has 1 saturated heterocycles. The van der Waals surface area contributed by atoms with E-state index in [1.807, 2.05) is 13.1 Å². The lowest BCUT2D eigenvalue weighted by atomic mass is 9.87. The summed E-state index contributed by atoms with van der Waals surface area (Å²) in [6.07, 6.45) is 7.80. The monoisotopic (exact) mass is 414 g/mol. The van der Waals surface area contributed by atoms with Crippen LogP contribution in [0.15, 0.2) is 4.99 Å². The van der Waals surface area contributed by atoms with E-state index in [0.717, 1.165) is 64.6 Å². The normalized spacial score (nSPS) is 31.7. The van der Waals surface area contributed by atoms with Gasteiger partial charge in [0.25, 0.3) is 0 Å². The van der Waals surface area contributed by atoms with E-state index in [2.05, 4.69) is 10.3 Å². The minimum Gasteiger partial charge on any atom is -0.481 e. The van der Waals surface area contributed by atoms with E-state index >= 15 is 0 Å². The molecule has 0 aromatic heterocycles. The van der Waals surface area contributed by atoms with Gasteiger partial charge in [-0.05, 0) is 32.6 Å². The Labute approximate surface area is 174 Å². The quantitative estimate of drug-likeness (QED) is 0.230. The van der Waals surface area contributed by atoms with E-state index < -0.39 is 12.1 Å². The number of piperidine rings is 1. The van der Waals surface area contributed by atoms with Crippen molar-refractivity contribution in [3.05, 3.63) is 0 Å². The van der Waals surface area contributed by atoms with Crippen LogP contribution in [0.4, 0.5) is 0 Å². The zero-order chi connectivity index (χ0) is 21.2. The molecule has 2 heterocycles. The number of hydrogen-bond acceptors (Lipinski definition) is 6. The van der Waals surface area contributed by atoms with Crippen LogP contribution in [0.5, 0.6) is 0 Å². The first-order chi connectivity index (χ1) is 13.9. The first-order valence-electron chi connectivity index (χ1n) is 11.2. The summed E-state index contributed by atoms with van der Waals surface area (Å²) in [4.78, 5) is 16.2. The third kappa shape index (κ3) is 8.68. The van der Waals surface area contributed by atoms with Gasteiger partial charge in [-0.3, -0.25) is 4.79 Å². The molecule has 168 valence electrons. The average molecular weight is 415 g/mol. The van der Waals surface area contributed by atoms with Crippen LogP contribution in [0.3, 0.4) is 0 Å². The Hall–Kier alpha value is -1.06. The second kappa shape index (κ2) is 12.6. The predicted molar refractivity (Wildman–Crippen MR) is 111 cm³/mol. The number of aliphatic carboxylic acids is 1. The van der Waals surface area contributed by atoms with E-state index in [1.54, 1.807) is 0 Å². The lowest BCUT2D eigenvalue weighted by Gasteiger charge is -2.41. The fourth-order valence-corrected chi connectivity index (χ4v) is 4.56. The number of aliphatic hydroxyl groups is 3. The van der Waals surface area contributed by atoms with Crippen LogP contribution in [0.1, 0.15) is 71.1 Å². The molecule has 6 N–H and O–H groups in total. The van der Waals surface area contributed by atoms with Crippen molar-refractivity contribution in [1.29, 1.82) is 0 Å². The van der Waals surface area contributed by atoms with E-state index in [4.69, 9.17) is 5.11 Å². The fourth-order valence-electron chi connectivity index (χ4n) is 4.56. The SMILES string of the molecule is CC1NC(CCC(O)CCCCCCC(O)CC(=O)O)C([NH+]2CC=NC2)CC1O. The number of aliphatic imine (C=N–C) groups is 1. The fraction of sp³-hybridized carbons (Fsp3) is 0.905. The van der Waals surface area contributed by atoms with Crippen LogP contribution in [-0.2, 0) is 4.79 Å². The number of nitrogens with zero attached hydrogens (tertiary/aromatic N) is 1. The summed E-state index contributed by atoms with van der Waals surface area (Å²) < 4.78 is 0. The molecule has 0 saturated carbocycles. The van der Waals surface area contributed by atoms with Crippen molar-refractivity contribution in [2.45, 2.75) is 108 Å². The molecule has 2 aliphatic rings. The van der Waals surface area contributed by atoms with Crippen LogP contribution in [-0.4, -0.2) is 82.3 Å².